The molecule has 0 aliphatic rings. The molecule has 0 rings (SSSR count). The first-order valence-electron chi connectivity index (χ1n) is 0.894. The molecule has 0 spiro atoms. The predicted molar refractivity (Wildman–Crippen MR) is 24.0 cm³/mol. The van der Waals surface area contributed by atoms with Crippen LogP contribution in [0.5, 0.6) is 0 Å². The first kappa shape index (κ1) is 15.6. The molecule has 0 aliphatic carbocycles. The van der Waals surface area contributed by atoms with Crippen LogP contribution in [0.3, 0.4) is 0 Å². The van der Waals surface area contributed by atoms with Crippen LogP contribution in [-0.2, 0) is 0 Å². The molecule has 0 aromatic carbocycles. The molecule has 0 amide bonds. The van der Waals surface area contributed by atoms with E-state index in [0.29, 0.717) is 0 Å². The normalized spacial score (nSPS) is 8.57. The maximum absolute atomic E-state index is 7.33. The van der Waals surface area contributed by atoms with E-state index < -0.39 is 9.05 Å². The third-order valence-electron chi connectivity index (χ3n) is 0. The van der Waals surface area contributed by atoms with E-state index in [1.165, 1.54) is 0 Å². The standard InChI is InChI=1S/Al.H4O4Si.H2O/c;1-5(2,3)4;/h;1-4H;1H2. The topological polar surface area (TPSA) is 112 Å². The summed E-state index contributed by atoms with van der Waals surface area (Å²) in [6.07, 6.45) is 0. The predicted octanol–water partition coefficient (Wildman–Crippen LogP) is -3.81. The van der Waals surface area contributed by atoms with Gasteiger partial charge < -0.3 is 24.7 Å². The molecule has 0 aromatic rings. The van der Waals surface area contributed by atoms with Crippen LogP contribution in [0.2, 0.25) is 0 Å². The molecule has 7 heavy (non-hydrogen) atoms. The zero-order chi connectivity index (χ0) is 4.50. The summed E-state index contributed by atoms with van der Waals surface area (Å²) in [6.45, 7) is 0. The second-order valence-corrected chi connectivity index (χ2v) is 1.80. The van der Waals surface area contributed by atoms with E-state index in [-0.39, 0.29) is 22.8 Å². The molecule has 0 unspecified atom stereocenters. The van der Waals surface area contributed by atoms with Crippen molar-refractivity contribution in [2.45, 2.75) is 0 Å². The fourth-order valence-electron chi connectivity index (χ4n) is 0. The molecule has 6 N–H and O–H groups in total. The van der Waals surface area contributed by atoms with E-state index in [1.54, 1.807) is 0 Å². The minimum absolute atomic E-state index is 0. The van der Waals surface area contributed by atoms with Crippen molar-refractivity contribution in [2.75, 3.05) is 0 Å². The van der Waals surface area contributed by atoms with Crippen molar-refractivity contribution < 1.29 is 24.7 Å². The summed E-state index contributed by atoms with van der Waals surface area (Å²) in [7, 11) is -4.61. The molecule has 0 atom stereocenters. The van der Waals surface area contributed by atoms with Gasteiger partial charge >= 0.3 is 9.05 Å². The van der Waals surface area contributed by atoms with Crippen LogP contribution in [0.15, 0.2) is 0 Å². The van der Waals surface area contributed by atoms with Crippen LogP contribution >= 0.6 is 0 Å². The van der Waals surface area contributed by atoms with Crippen molar-refractivity contribution in [3.63, 3.8) is 0 Å². The van der Waals surface area contributed by atoms with Gasteiger partial charge in [0.2, 0.25) is 0 Å². The number of hydrogen-bond acceptors (Lipinski definition) is 4. The average molecular weight is 141 g/mol. The quantitative estimate of drug-likeness (QED) is 0.259. The second-order valence-electron chi connectivity index (χ2n) is 0.600. The maximum atomic E-state index is 7.33. The third kappa shape index (κ3) is 449. The molecule has 43 valence electrons. The van der Waals surface area contributed by atoms with E-state index >= 15 is 0 Å². The van der Waals surface area contributed by atoms with Gasteiger partial charge in [0.15, 0.2) is 0 Å². The Balaban J connectivity index is -0.0000000800. The lowest BCUT2D eigenvalue weighted by molar-refractivity contribution is 0.117. The van der Waals surface area contributed by atoms with Gasteiger partial charge in [-0.15, -0.1) is 0 Å². The molecule has 0 aromatic heterocycles. The van der Waals surface area contributed by atoms with E-state index in [4.69, 9.17) is 19.2 Å². The fourth-order valence-corrected chi connectivity index (χ4v) is 0. The highest BCUT2D eigenvalue weighted by atomic mass is 28.4. The lowest BCUT2D eigenvalue weighted by Gasteiger charge is -1.91. The molecular weight excluding hydrogens is 135 g/mol. The van der Waals surface area contributed by atoms with Gasteiger partial charge in [0.1, 0.15) is 0 Å². The van der Waals surface area contributed by atoms with Crippen LogP contribution in [0.4, 0.5) is 0 Å². The third-order valence-corrected chi connectivity index (χ3v) is 0. The highest BCUT2D eigenvalue weighted by Crippen LogP contribution is 1.67. The zero-order valence-corrected chi connectivity index (χ0v) is 5.52. The Morgan fingerprint density at radius 2 is 0.857 bits per heavy atom. The van der Waals surface area contributed by atoms with Gasteiger partial charge in [-0.1, -0.05) is 0 Å². The molecule has 0 saturated heterocycles. The van der Waals surface area contributed by atoms with Gasteiger partial charge in [0.25, 0.3) is 0 Å². The Labute approximate surface area is 51.8 Å². The fraction of sp³-hybridized carbons (Fsp3) is 0. The van der Waals surface area contributed by atoms with E-state index in [2.05, 4.69) is 0 Å². The zero-order valence-electron chi connectivity index (χ0n) is 3.37. The van der Waals surface area contributed by atoms with Crippen molar-refractivity contribution in [2.24, 2.45) is 0 Å². The summed E-state index contributed by atoms with van der Waals surface area (Å²) in [5, 5.41) is 0. The van der Waals surface area contributed by atoms with Gasteiger partial charge in [-0.25, -0.2) is 0 Å². The van der Waals surface area contributed by atoms with Crippen molar-refractivity contribution in [3.8, 4) is 0 Å². The lowest BCUT2D eigenvalue weighted by Crippen LogP contribution is -2.33. The van der Waals surface area contributed by atoms with E-state index in [9.17, 15) is 0 Å². The smallest absolute Gasteiger partial charge is 0.412 e. The van der Waals surface area contributed by atoms with Crippen LogP contribution < -0.4 is 0 Å². The largest absolute Gasteiger partial charge is 0.668 e. The molecule has 3 radical (unpaired) electrons. The summed E-state index contributed by atoms with van der Waals surface area (Å²) in [6, 6.07) is 0. The van der Waals surface area contributed by atoms with Gasteiger partial charge in [0, 0.05) is 17.4 Å². The molecule has 0 heterocycles. The van der Waals surface area contributed by atoms with Gasteiger partial charge in [0.05, 0.1) is 0 Å². The SMILES string of the molecule is O.O[Si](O)(O)O.[Al]. The van der Waals surface area contributed by atoms with Crippen molar-refractivity contribution in [3.05, 3.63) is 0 Å². The molecule has 7 heteroatoms. The summed E-state index contributed by atoms with van der Waals surface area (Å²) < 4.78 is 0. The highest BCUT2D eigenvalue weighted by molar-refractivity contribution is 6.46. The highest BCUT2D eigenvalue weighted by Gasteiger charge is 2.22. The number of rotatable bonds is 0. The van der Waals surface area contributed by atoms with Gasteiger partial charge in [-0.3, -0.25) is 0 Å². The minimum Gasteiger partial charge on any atom is -0.412 e. The average Bonchev–Trinajstić information content (AvgIpc) is 0.722. The molecule has 0 fully saturated rings. The minimum atomic E-state index is -4.61. The molecule has 0 aliphatic heterocycles. The molecular formula is H6AlO5Si. The Kier molecular flexibility index (Phi) is 10.5. The summed E-state index contributed by atoms with van der Waals surface area (Å²) in [4.78, 5) is 29.3. The summed E-state index contributed by atoms with van der Waals surface area (Å²) >= 11 is 0. The summed E-state index contributed by atoms with van der Waals surface area (Å²) in [5.74, 6) is 0. The second kappa shape index (κ2) is 4.70. The molecule has 0 bridgehead atoms. The first-order chi connectivity index (χ1) is 2.00. The first-order valence-corrected chi connectivity index (χ1v) is 2.68. The molecule has 0 saturated carbocycles. The molecule has 5 nitrogen and oxygen atoms in total. The van der Waals surface area contributed by atoms with Crippen molar-refractivity contribution in [1.29, 1.82) is 0 Å². The Hall–Kier alpha value is 0.549. The Morgan fingerprint density at radius 3 is 0.857 bits per heavy atom. The van der Waals surface area contributed by atoms with Gasteiger partial charge in [-0.2, -0.15) is 0 Å². The van der Waals surface area contributed by atoms with Gasteiger partial charge in [-0.05, 0) is 0 Å². The Bertz CT molecular complexity index is 23.6. The van der Waals surface area contributed by atoms with Crippen LogP contribution in [0.25, 0.3) is 0 Å². The monoisotopic (exact) mass is 141 g/mol. The van der Waals surface area contributed by atoms with Crippen LogP contribution in [-0.4, -0.2) is 51.1 Å². The Morgan fingerprint density at radius 1 is 0.857 bits per heavy atom. The van der Waals surface area contributed by atoms with Crippen LogP contribution in [0, 0.1) is 0 Å². The van der Waals surface area contributed by atoms with E-state index in [0.717, 1.165) is 0 Å². The van der Waals surface area contributed by atoms with E-state index in [1.807, 2.05) is 0 Å². The maximum Gasteiger partial charge on any atom is 0.668 e. The summed E-state index contributed by atoms with van der Waals surface area (Å²) in [5.41, 5.74) is 0. The van der Waals surface area contributed by atoms with Crippen molar-refractivity contribution >= 4 is 26.4 Å². The number of hydrogen-bond donors (Lipinski definition) is 4. The van der Waals surface area contributed by atoms with Crippen molar-refractivity contribution in [1.82, 2.24) is 0 Å². The lowest BCUT2D eigenvalue weighted by atomic mass is 15.7. The van der Waals surface area contributed by atoms with Crippen LogP contribution in [0.1, 0.15) is 0 Å².